The van der Waals surface area contributed by atoms with Crippen molar-refractivity contribution in [3.8, 4) is 23.0 Å². The van der Waals surface area contributed by atoms with Crippen LogP contribution < -0.4 is 24.3 Å². The topological polar surface area (TPSA) is 66.0 Å². The molecule has 2 aromatic carbocycles. The molecule has 0 saturated carbocycles. The van der Waals surface area contributed by atoms with E-state index < -0.39 is 0 Å². The number of carbonyl (C=O) groups excluding carboxylic acids is 1. The fourth-order valence-corrected chi connectivity index (χ4v) is 2.81. The fraction of sp³-hybridized carbons (Fsp3) is 0.318. The van der Waals surface area contributed by atoms with E-state index in [2.05, 4.69) is 5.32 Å². The molecule has 6 heteroatoms. The van der Waals surface area contributed by atoms with E-state index in [1.54, 1.807) is 13.2 Å². The molecule has 1 aliphatic heterocycles. The Balaban J connectivity index is 1.60. The number of methoxy groups -OCH3 is 1. The van der Waals surface area contributed by atoms with E-state index in [1.165, 1.54) is 6.08 Å². The molecule has 1 aliphatic rings. The predicted molar refractivity (Wildman–Crippen MR) is 107 cm³/mol. The van der Waals surface area contributed by atoms with Gasteiger partial charge in [-0.05, 0) is 36.3 Å². The van der Waals surface area contributed by atoms with Crippen molar-refractivity contribution in [3.05, 3.63) is 53.6 Å². The second-order valence-corrected chi connectivity index (χ2v) is 6.25. The van der Waals surface area contributed by atoms with Gasteiger partial charge in [0.15, 0.2) is 23.0 Å². The van der Waals surface area contributed by atoms with Crippen molar-refractivity contribution in [1.29, 1.82) is 0 Å². The molecule has 28 heavy (non-hydrogen) atoms. The molecule has 0 saturated heterocycles. The summed E-state index contributed by atoms with van der Waals surface area (Å²) >= 11 is 0. The van der Waals surface area contributed by atoms with E-state index in [0.29, 0.717) is 49.4 Å². The van der Waals surface area contributed by atoms with Crippen molar-refractivity contribution >= 4 is 12.0 Å². The van der Waals surface area contributed by atoms with Crippen LogP contribution in [-0.4, -0.2) is 32.8 Å². The van der Waals surface area contributed by atoms with Crippen LogP contribution in [0, 0.1) is 0 Å². The van der Waals surface area contributed by atoms with Gasteiger partial charge in [-0.25, -0.2) is 0 Å². The van der Waals surface area contributed by atoms with Crippen LogP contribution in [0.25, 0.3) is 6.08 Å². The van der Waals surface area contributed by atoms with Gasteiger partial charge < -0.3 is 24.3 Å². The first-order chi connectivity index (χ1) is 13.7. The van der Waals surface area contributed by atoms with E-state index in [4.69, 9.17) is 18.9 Å². The number of para-hydroxylation sites is 1. The Morgan fingerprint density at radius 1 is 1.18 bits per heavy atom. The summed E-state index contributed by atoms with van der Waals surface area (Å²) in [6, 6.07) is 11.2. The van der Waals surface area contributed by atoms with Gasteiger partial charge in [0.05, 0.1) is 13.7 Å². The van der Waals surface area contributed by atoms with Gasteiger partial charge in [-0.1, -0.05) is 25.1 Å². The van der Waals surface area contributed by atoms with Crippen LogP contribution in [0.4, 0.5) is 0 Å². The number of hydrogen-bond donors (Lipinski definition) is 1. The van der Waals surface area contributed by atoms with Crippen molar-refractivity contribution in [2.45, 2.75) is 19.9 Å². The van der Waals surface area contributed by atoms with Gasteiger partial charge in [0, 0.05) is 18.2 Å². The zero-order chi connectivity index (χ0) is 19.8. The zero-order valence-electron chi connectivity index (χ0n) is 16.2. The highest BCUT2D eigenvalue weighted by Gasteiger charge is 2.15. The van der Waals surface area contributed by atoms with Gasteiger partial charge in [-0.15, -0.1) is 0 Å². The summed E-state index contributed by atoms with van der Waals surface area (Å²) in [5.41, 5.74) is 1.74. The van der Waals surface area contributed by atoms with Gasteiger partial charge in [-0.2, -0.15) is 0 Å². The van der Waals surface area contributed by atoms with Crippen LogP contribution in [0.15, 0.2) is 42.5 Å². The Kier molecular flexibility index (Phi) is 6.78. The average Bonchev–Trinajstić information content (AvgIpc) is 2.74. The number of benzene rings is 2. The second kappa shape index (κ2) is 9.69. The molecule has 0 aromatic heterocycles. The Hall–Kier alpha value is -3.15. The highest BCUT2D eigenvalue weighted by molar-refractivity contribution is 5.91. The van der Waals surface area contributed by atoms with Gasteiger partial charge in [0.2, 0.25) is 5.91 Å². The number of rotatable bonds is 8. The molecule has 0 atom stereocenters. The first kappa shape index (κ1) is 19.6. The molecule has 0 radical (unpaired) electrons. The first-order valence-corrected chi connectivity index (χ1v) is 9.35. The summed E-state index contributed by atoms with van der Waals surface area (Å²) in [5.74, 6) is 2.56. The monoisotopic (exact) mass is 383 g/mol. The molecule has 1 amide bonds. The highest BCUT2D eigenvalue weighted by atomic mass is 16.6. The van der Waals surface area contributed by atoms with Gasteiger partial charge >= 0.3 is 0 Å². The van der Waals surface area contributed by atoms with Crippen LogP contribution in [0.3, 0.4) is 0 Å². The molecule has 0 spiro atoms. The summed E-state index contributed by atoms with van der Waals surface area (Å²) in [7, 11) is 1.60. The van der Waals surface area contributed by atoms with E-state index in [-0.39, 0.29) is 5.91 Å². The molecule has 1 N–H and O–H groups in total. The lowest BCUT2D eigenvalue weighted by atomic mass is 10.1. The molecule has 1 heterocycles. The minimum atomic E-state index is -0.195. The lowest BCUT2D eigenvalue weighted by Gasteiger charge is -2.20. The van der Waals surface area contributed by atoms with Crippen molar-refractivity contribution in [3.63, 3.8) is 0 Å². The molecule has 6 nitrogen and oxygen atoms in total. The molecule has 148 valence electrons. The van der Waals surface area contributed by atoms with E-state index in [9.17, 15) is 4.79 Å². The largest absolute Gasteiger partial charge is 0.493 e. The SMILES string of the molecule is CCCOc1ccc(/C=C/C(=O)NCc2cccc3c2OCCO3)cc1OC. The lowest BCUT2D eigenvalue weighted by Crippen LogP contribution is -2.22. The normalized spacial score (nSPS) is 12.6. The van der Waals surface area contributed by atoms with Crippen molar-refractivity contribution < 1.29 is 23.7 Å². The van der Waals surface area contributed by atoms with E-state index in [1.807, 2.05) is 43.3 Å². The maximum atomic E-state index is 12.2. The minimum absolute atomic E-state index is 0.195. The minimum Gasteiger partial charge on any atom is -0.493 e. The lowest BCUT2D eigenvalue weighted by molar-refractivity contribution is -0.116. The summed E-state index contributed by atoms with van der Waals surface area (Å²) in [5, 5.41) is 2.87. The van der Waals surface area contributed by atoms with Crippen molar-refractivity contribution in [1.82, 2.24) is 5.32 Å². The highest BCUT2D eigenvalue weighted by Crippen LogP contribution is 2.33. The van der Waals surface area contributed by atoms with Gasteiger partial charge in [0.25, 0.3) is 0 Å². The maximum Gasteiger partial charge on any atom is 0.244 e. The third kappa shape index (κ3) is 4.97. The third-order valence-electron chi connectivity index (χ3n) is 4.18. The van der Waals surface area contributed by atoms with Crippen LogP contribution in [0.5, 0.6) is 23.0 Å². The zero-order valence-corrected chi connectivity index (χ0v) is 16.2. The Morgan fingerprint density at radius 3 is 2.86 bits per heavy atom. The number of fused-ring (bicyclic) bond motifs is 1. The molecule has 3 rings (SSSR count). The Morgan fingerprint density at radius 2 is 2.04 bits per heavy atom. The molecular formula is C22H25NO5. The standard InChI is InChI=1S/C22H25NO5/c1-3-11-26-18-9-7-16(14-20(18)25-2)8-10-21(24)23-15-17-5-4-6-19-22(17)28-13-12-27-19/h4-10,14H,3,11-13,15H2,1-2H3,(H,23,24)/b10-8+. The third-order valence-corrected chi connectivity index (χ3v) is 4.18. The maximum absolute atomic E-state index is 12.2. The van der Waals surface area contributed by atoms with Crippen molar-refractivity contribution in [2.24, 2.45) is 0 Å². The molecule has 2 aromatic rings. The number of carbonyl (C=O) groups is 1. The molecule has 0 bridgehead atoms. The number of hydrogen-bond acceptors (Lipinski definition) is 5. The van der Waals surface area contributed by atoms with Crippen LogP contribution in [0.2, 0.25) is 0 Å². The molecule has 0 fully saturated rings. The number of amides is 1. The smallest absolute Gasteiger partial charge is 0.244 e. The fourth-order valence-electron chi connectivity index (χ4n) is 2.81. The summed E-state index contributed by atoms with van der Waals surface area (Å²) in [4.78, 5) is 12.2. The Bertz CT molecular complexity index is 847. The molecular weight excluding hydrogens is 358 g/mol. The average molecular weight is 383 g/mol. The van der Waals surface area contributed by atoms with E-state index >= 15 is 0 Å². The van der Waals surface area contributed by atoms with Crippen LogP contribution >= 0.6 is 0 Å². The van der Waals surface area contributed by atoms with Gasteiger partial charge in [-0.3, -0.25) is 4.79 Å². The second-order valence-electron chi connectivity index (χ2n) is 6.25. The van der Waals surface area contributed by atoms with E-state index in [0.717, 1.165) is 17.5 Å². The number of nitrogens with one attached hydrogen (secondary N) is 1. The summed E-state index contributed by atoms with van der Waals surface area (Å²) < 4.78 is 22.2. The van der Waals surface area contributed by atoms with Crippen LogP contribution in [0.1, 0.15) is 24.5 Å². The van der Waals surface area contributed by atoms with Crippen molar-refractivity contribution in [2.75, 3.05) is 26.9 Å². The Labute approximate surface area is 165 Å². The van der Waals surface area contributed by atoms with Crippen LogP contribution in [-0.2, 0) is 11.3 Å². The summed E-state index contributed by atoms with van der Waals surface area (Å²) in [6.45, 7) is 4.09. The first-order valence-electron chi connectivity index (χ1n) is 9.35. The quantitative estimate of drug-likeness (QED) is 0.706. The van der Waals surface area contributed by atoms with Gasteiger partial charge in [0.1, 0.15) is 13.2 Å². The predicted octanol–water partition coefficient (Wildman–Crippen LogP) is 3.58. The molecule has 0 aliphatic carbocycles. The molecule has 0 unspecified atom stereocenters. The summed E-state index contributed by atoms with van der Waals surface area (Å²) in [6.07, 6.45) is 4.16. The number of ether oxygens (including phenoxy) is 4.